The molecule has 0 aromatic rings. The van der Waals surface area contributed by atoms with Crippen LogP contribution in [0.5, 0.6) is 0 Å². The second-order valence-electron chi connectivity index (χ2n) is 7.69. The largest absolute Gasteiger partial charge is 0.480 e. The average Bonchev–Trinajstić information content (AvgIpc) is 2.77. The molecular weight excluding hydrogens is 438 g/mol. The van der Waals surface area contributed by atoms with Crippen LogP contribution in [0.2, 0.25) is 0 Å². The van der Waals surface area contributed by atoms with Gasteiger partial charge in [0.25, 0.3) is 0 Å². The molecule has 0 fully saturated rings. The predicted molar refractivity (Wildman–Crippen MR) is 124 cm³/mol. The summed E-state index contributed by atoms with van der Waals surface area (Å²) in [4.78, 5) is 49.1. The minimum atomic E-state index is -1.37. The van der Waals surface area contributed by atoms with Crippen LogP contribution in [0.15, 0.2) is 0 Å². The summed E-state index contributed by atoms with van der Waals surface area (Å²) in [6.07, 6.45) is 4.19. The molecular formula is C20H39N5O6S. The van der Waals surface area contributed by atoms with Crippen molar-refractivity contribution in [3.63, 3.8) is 0 Å². The number of nitrogens with two attached hydrogens (primary N) is 2. The minimum absolute atomic E-state index is 0.170. The molecule has 0 aliphatic heterocycles. The fourth-order valence-corrected chi connectivity index (χ4v) is 3.31. The summed E-state index contributed by atoms with van der Waals surface area (Å²) in [7, 11) is 0. The molecule has 0 aromatic carbocycles. The Hall–Kier alpha value is -1.89. The highest BCUT2D eigenvalue weighted by molar-refractivity contribution is 7.98. The molecule has 0 rings (SSSR count). The fraction of sp³-hybridized carbons (Fsp3) is 0.800. The number of nitrogens with one attached hydrogen (secondary N) is 3. The maximum Gasteiger partial charge on any atom is 0.326 e. The van der Waals surface area contributed by atoms with Gasteiger partial charge in [-0.2, -0.15) is 11.8 Å². The van der Waals surface area contributed by atoms with Crippen LogP contribution >= 0.6 is 11.8 Å². The van der Waals surface area contributed by atoms with Crippen LogP contribution in [0.4, 0.5) is 0 Å². The number of aliphatic hydroxyl groups excluding tert-OH is 1. The van der Waals surface area contributed by atoms with Crippen LogP contribution in [-0.2, 0) is 19.2 Å². The van der Waals surface area contributed by atoms with Crippen molar-refractivity contribution in [3.8, 4) is 0 Å². The van der Waals surface area contributed by atoms with Gasteiger partial charge in [-0.15, -0.1) is 0 Å². The average molecular weight is 478 g/mol. The van der Waals surface area contributed by atoms with E-state index in [1.807, 2.05) is 13.2 Å². The third-order valence-corrected chi connectivity index (χ3v) is 5.78. The molecule has 0 saturated heterocycles. The fourth-order valence-electron chi connectivity index (χ4n) is 2.82. The molecule has 0 saturated carbocycles. The van der Waals surface area contributed by atoms with Crippen LogP contribution in [0.1, 0.15) is 46.0 Å². The van der Waals surface area contributed by atoms with Crippen LogP contribution in [-0.4, -0.2) is 83.2 Å². The van der Waals surface area contributed by atoms with Crippen LogP contribution in [0, 0.1) is 5.92 Å². The van der Waals surface area contributed by atoms with Crippen molar-refractivity contribution >= 4 is 35.5 Å². The maximum absolute atomic E-state index is 12.8. The zero-order chi connectivity index (χ0) is 24.7. The summed E-state index contributed by atoms with van der Waals surface area (Å²) in [5.41, 5.74) is 11.3. The topological polar surface area (TPSA) is 197 Å². The number of amides is 3. The van der Waals surface area contributed by atoms with E-state index in [0.717, 1.165) is 0 Å². The van der Waals surface area contributed by atoms with E-state index in [2.05, 4.69) is 16.0 Å². The zero-order valence-corrected chi connectivity index (χ0v) is 20.0. The molecule has 5 unspecified atom stereocenters. The molecule has 0 aliphatic carbocycles. The Kier molecular flexibility index (Phi) is 15.7. The Morgan fingerprint density at radius 1 is 0.969 bits per heavy atom. The van der Waals surface area contributed by atoms with E-state index in [9.17, 15) is 29.4 Å². The van der Waals surface area contributed by atoms with Crippen LogP contribution in [0.25, 0.3) is 0 Å². The molecule has 12 heteroatoms. The molecule has 3 amide bonds. The van der Waals surface area contributed by atoms with Crippen molar-refractivity contribution < 1.29 is 29.4 Å². The SMILES string of the molecule is CCC(C)C(NC(=O)C(N)CCSC)C(=O)NC(CO)C(=O)NC(CCCCN)C(=O)O. The first kappa shape index (κ1) is 30.1. The van der Waals surface area contributed by atoms with Gasteiger partial charge in [0.05, 0.1) is 12.6 Å². The summed E-state index contributed by atoms with van der Waals surface area (Å²) in [6, 6.07) is -4.27. The standard InChI is InChI=1S/C20H39N5O6S/c1-4-12(2)16(25-17(27)13(22)8-10-32-3)19(29)24-15(11-26)18(28)23-14(20(30)31)7-5-6-9-21/h12-16,26H,4-11,21-22H2,1-3H3,(H,23,28)(H,24,29)(H,25,27)(H,30,31). The van der Waals surface area contributed by atoms with Crippen molar-refractivity contribution in [1.29, 1.82) is 0 Å². The van der Waals surface area contributed by atoms with Crippen molar-refractivity contribution in [2.24, 2.45) is 17.4 Å². The number of thioether (sulfide) groups is 1. The Morgan fingerprint density at radius 3 is 2.09 bits per heavy atom. The third kappa shape index (κ3) is 11.1. The molecule has 0 spiro atoms. The van der Waals surface area contributed by atoms with Gasteiger partial charge in [-0.25, -0.2) is 4.79 Å². The molecule has 0 aliphatic rings. The highest BCUT2D eigenvalue weighted by atomic mass is 32.2. The van der Waals surface area contributed by atoms with Gasteiger partial charge >= 0.3 is 5.97 Å². The normalized spacial score (nSPS) is 15.7. The van der Waals surface area contributed by atoms with Gasteiger partial charge in [0.1, 0.15) is 18.1 Å². The van der Waals surface area contributed by atoms with Crippen LogP contribution in [0.3, 0.4) is 0 Å². The summed E-state index contributed by atoms with van der Waals surface area (Å²) in [5, 5.41) is 26.3. The first-order valence-corrected chi connectivity index (χ1v) is 12.2. The van der Waals surface area contributed by atoms with Gasteiger partial charge in [0, 0.05) is 0 Å². The first-order chi connectivity index (χ1) is 15.1. The van der Waals surface area contributed by atoms with Crippen molar-refractivity contribution in [2.75, 3.05) is 25.2 Å². The molecule has 0 radical (unpaired) electrons. The van der Waals surface area contributed by atoms with Crippen LogP contribution < -0.4 is 27.4 Å². The molecule has 11 nitrogen and oxygen atoms in total. The Bertz CT molecular complexity index is 609. The lowest BCUT2D eigenvalue weighted by Crippen LogP contribution is -2.59. The number of hydrogen-bond acceptors (Lipinski definition) is 8. The van der Waals surface area contributed by atoms with Crippen molar-refractivity contribution in [2.45, 2.75) is 70.1 Å². The van der Waals surface area contributed by atoms with Gasteiger partial charge in [-0.1, -0.05) is 20.3 Å². The molecule has 0 aromatic heterocycles. The van der Waals surface area contributed by atoms with Gasteiger partial charge in [0.2, 0.25) is 17.7 Å². The summed E-state index contributed by atoms with van der Waals surface area (Å²) < 4.78 is 0. The lowest BCUT2D eigenvalue weighted by Gasteiger charge is -2.27. The number of hydrogen-bond donors (Lipinski definition) is 7. The van der Waals surface area contributed by atoms with Gasteiger partial charge in [-0.3, -0.25) is 14.4 Å². The van der Waals surface area contributed by atoms with E-state index in [0.29, 0.717) is 38.0 Å². The molecule has 9 N–H and O–H groups in total. The van der Waals surface area contributed by atoms with E-state index in [1.165, 1.54) is 0 Å². The molecule has 0 bridgehead atoms. The summed E-state index contributed by atoms with van der Waals surface area (Å²) >= 11 is 1.55. The second-order valence-corrected chi connectivity index (χ2v) is 8.67. The lowest BCUT2D eigenvalue weighted by molar-refractivity contribution is -0.143. The third-order valence-electron chi connectivity index (χ3n) is 5.14. The minimum Gasteiger partial charge on any atom is -0.480 e. The van der Waals surface area contributed by atoms with Gasteiger partial charge in [-0.05, 0) is 50.2 Å². The summed E-state index contributed by atoms with van der Waals surface area (Å²) in [5.74, 6) is -2.76. The number of carboxylic acid groups (broad SMARTS) is 1. The number of unbranched alkanes of at least 4 members (excludes halogenated alkanes) is 1. The quantitative estimate of drug-likeness (QED) is 0.125. The molecule has 5 atom stereocenters. The number of aliphatic hydroxyl groups is 1. The number of carbonyl (C=O) groups is 4. The Labute approximate surface area is 193 Å². The Balaban J connectivity index is 5.18. The molecule has 0 heterocycles. The van der Waals surface area contributed by atoms with Crippen molar-refractivity contribution in [3.05, 3.63) is 0 Å². The van der Waals surface area contributed by atoms with Gasteiger partial charge < -0.3 is 37.6 Å². The number of carbonyl (C=O) groups excluding carboxylic acids is 3. The smallest absolute Gasteiger partial charge is 0.326 e. The van der Waals surface area contributed by atoms with E-state index in [-0.39, 0.29) is 12.3 Å². The van der Waals surface area contributed by atoms with E-state index in [4.69, 9.17) is 11.5 Å². The number of rotatable bonds is 17. The number of aliphatic carboxylic acids is 1. The van der Waals surface area contributed by atoms with Gasteiger partial charge in [0.15, 0.2) is 0 Å². The molecule has 32 heavy (non-hydrogen) atoms. The monoisotopic (exact) mass is 477 g/mol. The van der Waals surface area contributed by atoms with E-state index < -0.39 is 54.5 Å². The zero-order valence-electron chi connectivity index (χ0n) is 19.1. The van der Waals surface area contributed by atoms with E-state index in [1.54, 1.807) is 18.7 Å². The highest BCUT2D eigenvalue weighted by Gasteiger charge is 2.32. The van der Waals surface area contributed by atoms with E-state index >= 15 is 0 Å². The molecule has 186 valence electrons. The summed E-state index contributed by atoms with van der Waals surface area (Å²) in [6.45, 7) is 3.28. The maximum atomic E-state index is 12.8. The lowest BCUT2D eigenvalue weighted by atomic mass is 9.97. The highest BCUT2D eigenvalue weighted by Crippen LogP contribution is 2.10. The second kappa shape index (κ2) is 16.7. The Morgan fingerprint density at radius 2 is 1.59 bits per heavy atom. The first-order valence-electron chi connectivity index (χ1n) is 10.8. The number of carboxylic acids is 1. The predicted octanol–water partition coefficient (Wildman–Crippen LogP) is -1.23. The van der Waals surface area contributed by atoms with Crippen molar-refractivity contribution in [1.82, 2.24) is 16.0 Å².